The lowest BCUT2D eigenvalue weighted by atomic mass is 10.1. The van der Waals surface area contributed by atoms with E-state index >= 15 is 0 Å². The monoisotopic (exact) mass is 375 g/mol. The number of nitrogens with two attached hydrogens (primary N) is 1. The van der Waals surface area contributed by atoms with Crippen molar-refractivity contribution in [1.82, 2.24) is 20.2 Å². The van der Waals surface area contributed by atoms with E-state index in [1.165, 1.54) is 12.4 Å². The lowest BCUT2D eigenvalue weighted by Crippen LogP contribution is -2.44. The minimum absolute atomic E-state index is 0.0909. The number of aromatic nitrogens is 2. The quantitative estimate of drug-likeness (QED) is 0.840. The second-order valence-corrected chi connectivity index (χ2v) is 6.36. The van der Waals surface area contributed by atoms with Crippen molar-refractivity contribution in [3.63, 3.8) is 0 Å². The van der Waals surface area contributed by atoms with Gasteiger partial charge in [-0.25, -0.2) is 13.8 Å². The highest BCUT2D eigenvalue weighted by Crippen LogP contribution is 2.23. The first-order valence-corrected chi connectivity index (χ1v) is 8.47. The molecule has 27 heavy (non-hydrogen) atoms. The highest BCUT2D eigenvalue weighted by Gasteiger charge is 2.24. The van der Waals surface area contributed by atoms with E-state index in [0.717, 1.165) is 38.1 Å². The summed E-state index contributed by atoms with van der Waals surface area (Å²) in [4.78, 5) is 33.4. The van der Waals surface area contributed by atoms with Crippen molar-refractivity contribution in [2.45, 2.75) is 18.9 Å². The van der Waals surface area contributed by atoms with Crippen LogP contribution in [-0.2, 0) is 0 Å². The van der Waals surface area contributed by atoms with Crippen LogP contribution < -0.4 is 11.1 Å². The van der Waals surface area contributed by atoms with Crippen molar-refractivity contribution >= 4 is 11.8 Å². The maximum atomic E-state index is 13.9. The van der Waals surface area contributed by atoms with Crippen LogP contribution in [0.25, 0.3) is 11.3 Å². The topological polar surface area (TPSA) is 101 Å². The molecule has 1 aliphatic rings. The van der Waals surface area contributed by atoms with Crippen molar-refractivity contribution in [1.29, 1.82) is 0 Å². The van der Waals surface area contributed by atoms with Crippen LogP contribution in [0.1, 0.15) is 33.7 Å². The van der Waals surface area contributed by atoms with E-state index in [4.69, 9.17) is 5.73 Å². The maximum absolute atomic E-state index is 13.9. The van der Waals surface area contributed by atoms with E-state index in [2.05, 4.69) is 15.3 Å². The Balaban J connectivity index is 1.81. The van der Waals surface area contributed by atoms with Gasteiger partial charge in [-0.05, 0) is 38.1 Å². The number of halogens is 2. The van der Waals surface area contributed by atoms with Crippen LogP contribution in [0.4, 0.5) is 8.78 Å². The Morgan fingerprint density at radius 2 is 1.78 bits per heavy atom. The van der Waals surface area contributed by atoms with Gasteiger partial charge in [-0.2, -0.15) is 0 Å². The number of piperidine rings is 1. The summed E-state index contributed by atoms with van der Waals surface area (Å²) in [5.41, 5.74) is 4.56. The summed E-state index contributed by atoms with van der Waals surface area (Å²) in [6, 6.07) is 2.04. The van der Waals surface area contributed by atoms with Gasteiger partial charge in [-0.15, -0.1) is 0 Å². The number of carbonyl (C=O) groups excluding carboxylic acids is 2. The molecular weight excluding hydrogens is 356 g/mol. The Morgan fingerprint density at radius 3 is 2.30 bits per heavy atom. The highest BCUT2D eigenvalue weighted by molar-refractivity contribution is 5.94. The third kappa shape index (κ3) is 3.92. The summed E-state index contributed by atoms with van der Waals surface area (Å²) in [5.74, 6) is -3.61. The Labute approximate surface area is 154 Å². The molecule has 3 N–H and O–H groups in total. The summed E-state index contributed by atoms with van der Waals surface area (Å²) in [6.07, 6.45) is 4.26. The van der Waals surface area contributed by atoms with Crippen molar-refractivity contribution < 1.29 is 18.4 Å². The molecule has 0 unspecified atom stereocenters. The lowest BCUT2D eigenvalue weighted by Gasteiger charge is -2.31. The SMILES string of the molecule is CN(C(=O)c1cnc(-c2cc(F)c(C(N)=O)c(F)c2)cn1)C1CCNCC1. The van der Waals surface area contributed by atoms with Crippen molar-refractivity contribution in [3.8, 4) is 11.3 Å². The minimum Gasteiger partial charge on any atom is -0.365 e. The van der Waals surface area contributed by atoms with Gasteiger partial charge < -0.3 is 16.0 Å². The average Bonchev–Trinajstić information content (AvgIpc) is 2.66. The molecule has 2 amide bonds. The van der Waals surface area contributed by atoms with Gasteiger partial charge in [0.1, 0.15) is 22.9 Å². The Morgan fingerprint density at radius 1 is 1.15 bits per heavy atom. The van der Waals surface area contributed by atoms with Crippen LogP contribution in [0.3, 0.4) is 0 Å². The van der Waals surface area contributed by atoms with Crippen LogP contribution in [0.2, 0.25) is 0 Å². The maximum Gasteiger partial charge on any atom is 0.274 e. The largest absolute Gasteiger partial charge is 0.365 e. The first-order valence-electron chi connectivity index (χ1n) is 8.47. The average molecular weight is 375 g/mol. The molecule has 2 heterocycles. The molecule has 3 rings (SSSR count). The summed E-state index contributed by atoms with van der Waals surface area (Å²) in [5, 5.41) is 3.24. The van der Waals surface area contributed by atoms with E-state index < -0.39 is 23.1 Å². The second kappa shape index (κ2) is 7.75. The van der Waals surface area contributed by atoms with Gasteiger partial charge in [0.2, 0.25) is 0 Å². The van der Waals surface area contributed by atoms with Crippen molar-refractivity contribution in [2.24, 2.45) is 5.73 Å². The summed E-state index contributed by atoms with van der Waals surface area (Å²) >= 11 is 0. The van der Waals surface area contributed by atoms with Crippen LogP contribution in [0, 0.1) is 11.6 Å². The molecule has 1 aromatic heterocycles. The molecule has 0 radical (unpaired) electrons. The third-order valence-electron chi connectivity index (χ3n) is 4.63. The molecule has 0 saturated carbocycles. The number of amides is 2. The molecule has 1 saturated heterocycles. The van der Waals surface area contributed by atoms with Gasteiger partial charge in [0, 0.05) is 18.7 Å². The lowest BCUT2D eigenvalue weighted by molar-refractivity contribution is 0.0696. The molecular formula is C18H19F2N5O2. The van der Waals surface area contributed by atoms with Gasteiger partial charge in [-0.3, -0.25) is 14.6 Å². The van der Waals surface area contributed by atoms with E-state index in [1.54, 1.807) is 11.9 Å². The number of nitrogens with zero attached hydrogens (tertiary/aromatic N) is 3. The van der Waals surface area contributed by atoms with Crippen molar-refractivity contribution in [3.05, 3.63) is 47.4 Å². The smallest absolute Gasteiger partial charge is 0.274 e. The molecule has 9 heteroatoms. The van der Waals surface area contributed by atoms with Crippen LogP contribution >= 0.6 is 0 Å². The molecule has 1 aliphatic heterocycles. The van der Waals surface area contributed by atoms with E-state index in [0.29, 0.717) is 0 Å². The first-order chi connectivity index (χ1) is 12.9. The molecule has 0 bridgehead atoms. The predicted octanol–water partition coefficient (Wildman–Crippen LogP) is 1.34. The van der Waals surface area contributed by atoms with E-state index in [9.17, 15) is 18.4 Å². The number of hydrogen-bond acceptors (Lipinski definition) is 5. The number of benzene rings is 1. The molecule has 1 fully saturated rings. The molecule has 142 valence electrons. The fourth-order valence-corrected chi connectivity index (χ4v) is 3.08. The summed E-state index contributed by atoms with van der Waals surface area (Å²) in [7, 11) is 1.72. The van der Waals surface area contributed by atoms with Gasteiger partial charge in [-0.1, -0.05) is 0 Å². The standard InChI is InChI=1S/C18H19F2N5O2/c1-25(11-2-4-22-5-3-11)18(27)15-9-23-14(8-24-15)10-6-12(19)16(17(21)26)13(20)7-10/h6-9,11,22H,2-5H2,1H3,(H2,21,26). The minimum atomic E-state index is -1.19. The normalized spacial score (nSPS) is 14.8. The fourth-order valence-electron chi connectivity index (χ4n) is 3.08. The Hall–Kier alpha value is -2.94. The zero-order chi connectivity index (χ0) is 19.6. The number of primary amides is 1. The number of hydrogen-bond donors (Lipinski definition) is 2. The molecule has 2 aromatic rings. The van der Waals surface area contributed by atoms with Crippen LogP contribution in [0.5, 0.6) is 0 Å². The summed E-state index contributed by atoms with van der Waals surface area (Å²) < 4.78 is 27.8. The number of rotatable bonds is 4. The van der Waals surface area contributed by atoms with E-state index in [1.807, 2.05) is 0 Å². The highest BCUT2D eigenvalue weighted by atomic mass is 19.1. The summed E-state index contributed by atoms with van der Waals surface area (Å²) in [6.45, 7) is 1.71. The van der Waals surface area contributed by atoms with Crippen LogP contribution in [-0.4, -0.2) is 52.9 Å². The molecule has 0 spiro atoms. The number of carbonyl (C=O) groups is 2. The van der Waals surface area contributed by atoms with Crippen LogP contribution in [0.15, 0.2) is 24.5 Å². The van der Waals surface area contributed by atoms with Gasteiger partial charge >= 0.3 is 0 Å². The second-order valence-electron chi connectivity index (χ2n) is 6.36. The van der Waals surface area contributed by atoms with Gasteiger partial charge in [0.25, 0.3) is 11.8 Å². The molecule has 0 aliphatic carbocycles. The number of nitrogens with one attached hydrogen (secondary N) is 1. The molecule has 0 atom stereocenters. The molecule has 1 aromatic carbocycles. The molecule has 7 nitrogen and oxygen atoms in total. The van der Waals surface area contributed by atoms with Crippen molar-refractivity contribution in [2.75, 3.05) is 20.1 Å². The van der Waals surface area contributed by atoms with E-state index in [-0.39, 0.29) is 28.9 Å². The van der Waals surface area contributed by atoms with Gasteiger partial charge in [0.15, 0.2) is 0 Å². The Kier molecular flexibility index (Phi) is 5.41. The first kappa shape index (κ1) is 18.8. The third-order valence-corrected chi connectivity index (χ3v) is 4.63. The predicted molar refractivity (Wildman–Crippen MR) is 93.9 cm³/mol. The zero-order valence-electron chi connectivity index (χ0n) is 14.7. The fraction of sp³-hybridized carbons (Fsp3) is 0.333. The van der Waals surface area contributed by atoms with Gasteiger partial charge in [0.05, 0.1) is 18.1 Å². The zero-order valence-corrected chi connectivity index (χ0v) is 14.7. The Bertz CT molecular complexity index is 844.